The van der Waals surface area contributed by atoms with E-state index in [1.807, 2.05) is 0 Å². The highest BCUT2D eigenvalue weighted by Crippen LogP contribution is 2.18. The molecule has 6 heteroatoms. The van der Waals surface area contributed by atoms with E-state index in [2.05, 4.69) is 65.0 Å². The molecule has 0 saturated carbocycles. The molecule has 0 bridgehead atoms. The number of hydrogen-bond acceptors (Lipinski definition) is 3. The number of para-hydroxylation sites is 1. The van der Waals surface area contributed by atoms with E-state index in [0.29, 0.717) is 6.42 Å². The molecule has 4 rings (SSSR count). The molecule has 0 radical (unpaired) electrons. The van der Waals surface area contributed by atoms with Crippen LogP contribution in [0.2, 0.25) is 0 Å². The number of ether oxygens (including phenoxy) is 1. The maximum atomic E-state index is 13.0. The topological polar surface area (TPSA) is 80.1 Å². The molecule has 3 aromatic carbocycles. The van der Waals surface area contributed by atoms with Gasteiger partial charge in [-0.3, -0.25) is 4.79 Å². The highest BCUT2D eigenvalue weighted by atomic mass is 19.1. The Kier molecular flexibility index (Phi) is 9.25. The van der Waals surface area contributed by atoms with E-state index < -0.39 is 12.0 Å². The normalized spacial score (nSPS) is 12.1. The molecular weight excluding hydrogens is 453 g/mol. The molecule has 0 aliphatic heterocycles. The Bertz CT molecular complexity index is 1240. The quantitative estimate of drug-likeness (QED) is 0.217. The average Bonchev–Trinajstić information content (AvgIpc) is 3.30. The van der Waals surface area contributed by atoms with E-state index in [0.717, 1.165) is 44.3 Å². The zero-order valence-corrected chi connectivity index (χ0v) is 20.5. The van der Waals surface area contributed by atoms with Gasteiger partial charge in [-0.15, -0.1) is 0 Å². The molecule has 0 saturated heterocycles. The number of hydrogen-bond donors (Lipinski definition) is 3. The van der Waals surface area contributed by atoms with Crippen LogP contribution in [0.4, 0.5) is 4.39 Å². The van der Waals surface area contributed by atoms with Crippen molar-refractivity contribution in [2.75, 3.05) is 13.1 Å². The van der Waals surface area contributed by atoms with Crippen molar-refractivity contribution in [2.24, 2.45) is 5.73 Å². The van der Waals surface area contributed by atoms with Crippen LogP contribution in [0.15, 0.2) is 79.0 Å². The summed E-state index contributed by atoms with van der Waals surface area (Å²) < 4.78 is 18.7. The Morgan fingerprint density at radius 1 is 0.889 bits per heavy atom. The number of aromatic amines is 1. The second kappa shape index (κ2) is 13.0. The van der Waals surface area contributed by atoms with Crippen molar-refractivity contribution in [3.8, 4) is 0 Å². The summed E-state index contributed by atoms with van der Waals surface area (Å²) in [5, 5.41) is 4.85. The number of H-pyrrole nitrogens is 1. The van der Waals surface area contributed by atoms with Gasteiger partial charge in [-0.2, -0.15) is 0 Å². The SMILES string of the molecule is NC(=O)C(CCCc1ccc(CCNCCc2c[nH]c3ccccc23)cc1)OCc1ccc(F)cc1. The lowest BCUT2D eigenvalue weighted by Crippen LogP contribution is -2.31. The number of rotatable bonds is 14. The van der Waals surface area contributed by atoms with Gasteiger partial charge in [0.05, 0.1) is 6.61 Å². The zero-order valence-electron chi connectivity index (χ0n) is 20.5. The third-order valence-corrected chi connectivity index (χ3v) is 6.47. The van der Waals surface area contributed by atoms with Gasteiger partial charge >= 0.3 is 0 Å². The van der Waals surface area contributed by atoms with Crippen LogP contribution in [0.5, 0.6) is 0 Å². The smallest absolute Gasteiger partial charge is 0.246 e. The number of halogens is 1. The zero-order chi connectivity index (χ0) is 25.2. The third-order valence-electron chi connectivity index (χ3n) is 6.47. The lowest BCUT2D eigenvalue weighted by atomic mass is 10.0. The molecule has 1 aromatic heterocycles. The van der Waals surface area contributed by atoms with Crippen LogP contribution in [0, 0.1) is 5.82 Å². The highest BCUT2D eigenvalue weighted by Gasteiger charge is 2.15. The number of nitrogens with two attached hydrogens (primary N) is 1. The molecule has 1 atom stereocenters. The summed E-state index contributed by atoms with van der Waals surface area (Å²) in [4.78, 5) is 15.1. The number of carbonyl (C=O) groups is 1. The van der Waals surface area contributed by atoms with Gasteiger partial charge in [0.1, 0.15) is 11.9 Å². The predicted octanol–water partition coefficient (Wildman–Crippen LogP) is 5.08. The molecule has 1 amide bonds. The van der Waals surface area contributed by atoms with Crippen LogP contribution in [-0.4, -0.2) is 30.1 Å². The minimum absolute atomic E-state index is 0.235. The second-order valence-electron chi connectivity index (χ2n) is 9.15. The Morgan fingerprint density at radius 2 is 1.56 bits per heavy atom. The Hall–Kier alpha value is -3.48. The molecule has 0 aliphatic carbocycles. The standard InChI is InChI=1S/C30H34FN3O2/c31-26-14-12-24(13-15-26)21-36-29(30(32)35)7-3-4-22-8-10-23(11-9-22)16-18-33-19-17-25-20-34-28-6-2-1-5-27(25)28/h1-2,5-6,8-15,20,29,33-34H,3-4,7,16-19,21H2,(H2,32,35). The lowest BCUT2D eigenvalue weighted by Gasteiger charge is -2.15. The monoisotopic (exact) mass is 487 g/mol. The lowest BCUT2D eigenvalue weighted by molar-refractivity contribution is -0.130. The summed E-state index contributed by atoms with van der Waals surface area (Å²) in [5.74, 6) is -0.765. The largest absolute Gasteiger partial charge is 0.367 e. The number of carbonyl (C=O) groups excluding carboxylic acids is 1. The molecule has 36 heavy (non-hydrogen) atoms. The summed E-state index contributed by atoms with van der Waals surface area (Å²) >= 11 is 0. The number of aromatic nitrogens is 1. The minimum atomic E-state index is -0.648. The number of primary amides is 1. The van der Waals surface area contributed by atoms with E-state index in [-0.39, 0.29) is 12.4 Å². The van der Waals surface area contributed by atoms with Crippen molar-refractivity contribution in [1.82, 2.24) is 10.3 Å². The molecule has 0 aliphatic rings. The van der Waals surface area contributed by atoms with Crippen molar-refractivity contribution in [2.45, 2.75) is 44.8 Å². The molecule has 1 heterocycles. The molecule has 4 aromatic rings. The number of fused-ring (bicyclic) bond motifs is 1. The van der Waals surface area contributed by atoms with Crippen molar-refractivity contribution < 1.29 is 13.9 Å². The first-order chi connectivity index (χ1) is 17.6. The van der Waals surface area contributed by atoms with Crippen LogP contribution in [0.25, 0.3) is 10.9 Å². The van der Waals surface area contributed by atoms with E-state index in [1.165, 1.54) is 39.7 Å². The number of aryl methyl sites for hydroxylation is 1. The fraction of sp³-hybridized carbons (Fsp3) is 0.300. The van der Waals surface area contributed by atoms with Crippen molar-refractivity contribution in [3.05, 3.63) is 107 Å². The molecule has 188 valence electrons. The second-order valence-corrected chi connectivity index (χ2v) is 9.15. The number of nitrogens with one attached hydrogen (secondary N) is 2. The van der Waals surface area contributed by atoms with Crippen LogP contribution < -0.4 is 11.1 Å². The van der Waals surface area contributed by atoms with Crippen LogP contribution >= 0.6 is 0 Å². The first-order valence-corrected chi connectivity index (χ1v) is 12.6. The van der Waals surface area contributed by atoms with Gasteiger partial charge < -0.3 is 20.8 Å². The average molecular weight is 488 g/mol. The van der Waals surface area contributed by atoms with Crippen LogP contribution in [0.1, 0.15) is 35.1 Å². The van der Waals surface area contributed by atoms with Gasteiger partial charge in [-0.25, -0.2) is 4.39 Å². The summed E-state index contributed by atoms with van der Waals surface area (Å²) in [6.45, 7) is 2.12. The summed E-state index contributed by atoms with van der Waals surface area (Å²) in [6.07, 6.45) is 5.65. The maximum absolute atomic E-state index is 13.0. The van der Waals surface area contributed by atoms with Gasteiger partial charge in [-0.05, 0) is 85.6 Å². The highest BCUT2D eigenvalue weighted by molar-refractivity contribution is 5.83. The predicted molar refractivity (Wildman–Crippen MR) is 142 cm³/mol. The van der Waals surface area contributed by atoms with E-state index in [4.69, 9.17) is 10.5 Å². The Labute approximate surface area is 211 Å². The first-order valence-electron chi connectivity index (χ1n) is 12.6. The summed E-state index contributed by atoms with van der Waals surface area (Å²) in [6, 6.07) is 23.1. The Balaban J connectivity index is 1.13. The molecule has 5 nitrogen and oxygen atoms in total. The molecule has 4 N–H and O–H groups in total. The summed E-state index contributed by atoms with van der Waals surface area (Å²) in [7, 11) is 0. The number of benzene rings is 3. The van der Waals surface area contributed by atoms with Crippen LogP contribution in [-0.2, 0) is 35.4 Å². The van der Waals surface area contributed by atoms with Gasteiger partial charge in [0.15, 0.2) is 0 Å². The number of amides is 1. The fourth-order valence-electron chi connectivity index (χ4n) is 4.37. The summed E-state index contributed by atoms with van der Waals surface area (Å²) in [5.41, 5.74) is 11.4. The van der Waals surface area contributed by atoms with E-state index >= 15 is 0 Å². The maximum Gasteiger partial charge on any atom is 0.246 e. The van der Waals surface area contributed by atoms with E-state index in [1.54, 1.807) is 12.1 Å². The van der Waals surface area contributed by atoms with Gasteiger partial charge in [0.25, 0.3) is 0 Å². The van der Waals surface area contributed by atoms with E-state index in [9.17, 15) is 9.18 Å². The van der Waals surface area contributed by atoms with Crippen molar-refractivity contribution >= 4 is 16.8 Å². The molecule has 0 spiro atoms. The molecule has 0 fully saturated rings. The van der Waals surface area contributed by atoms with Crippen molar-refractivity contribution in [1.29, 1.82) is 0 Å². The molecular formula is C30H34FN3O2. The fourth-order valence-corrected chi connectivity index (χ4v) is 4.37. The van der Waals surface area contributed by atoms with Gasteiger partial charge in [-0.1, -0.05) is 54.6 Å². The molecule has 1 unspecified atom stereocenters. The Morgan fingerprint density at radius 3 is 2.31 bits per heavy atom. The minimum Gasteiger partial charge on any atom is -0.367 e. The third kappa shape index (κ3) is 7.51. The van der Waals surface area contributed by atoms with Crippen molar-refractivity contribution in [3.63, 3.8) is 0 Å². The van der Waals surface area contributed by atoms with Crippen LogP contribution in [0.3, 0.4) is 0 Å². The first kappa shape index (κ1) is 25.6. The van der Waals surface area contributed by atoms with Gasteiger partial charge in [0.2, 0.25) is 5.91 Å². The van der Waals surface area contributed by atoms with Gasteiger partial charge in [0, 0.05) is 17.1 Å².